The van der Waals surface area contributed by atoms with Gasteiger partial charge in [-0.1, -0.05) is 23.2 Å². The molecule has 1 aliphatic carbocycles. The van der Waals surface area contributed by atoms with Crippen LogP contribution in [0.2, 0.25) is 10.0 Å². The molecule has 1 amide bonds. The zero-order chi connectivity index (χ0) is 22.7. The first kappa shape index (κ1) is 22.6. The number of imidazole rings is 1. The Hall–Kier alpha value is -2.64. The predicted molar refractivity (Wildman–Crippen MR) is 121 cm³/mol. The Bertz CT molecular complexity index is 1140. The maximum absolute atomic E-state index is 13.4. The number of halogens is 3. The number of nitrogens with one attached hydrogen (secondary N) is 2. The fourth-order valence-electron chi connectivity index (χ4n) is 3.97. The molecule has 1 aromatic heterocycles. The fraction of sp³-hybridized carbons (Fsp3) is 0.348. The Morgan fingerprint density at radius 1 is 1.12 bits per heavy atom. The minimum absolute atomic E-state index is 0.0113. The summed E-state index contributed by atoms with van der Waals surface area (Å²) in [6, 6.07) is 9.36. The van der Waals surface area contributed by atoms with E-state index in [0.29, 0.717) is 22.5 Å². The number of rotatable bonds is 7. The average Bonchev–Trinajstić information content (AvgIpc) is 3.19. The van der Waals surface area contributed by atoms with Gasteiger partial charge < -0.3 is 15.0 Å². The second-order valence-electron chi connectivity index (χ2n) is 8.05. The SMILES string of the molecule is O=C(COc1ccc(Cl)c(F)c1)CC1CCC(NC(=O)c2nc3ccc(Cl)cc3[nH]2)CC1. The number of nitrogens with zero attached hydrogens (tertiary/aromatic N) is 1. The number of H-pyrrole nitrogens is 1. The number of hydrogen-bond acceptors (Lipinski definition) is 4. The molecule has 3 aromatic rings. The molecule has 0 saturated heterocycles. The quantitative estimate of drug-likeness (QED) is 0.481. The number of benzene rings is 2. The summed E-state index contributed by atoms with van der Waals surface area (Å²) < 4.78 is 18.8. The number of fused-ring (bicyclic) bond motifs is 1. The highest BCUT2D eigenvalue weighted by Crippen LogP contribution is 2.28. The summed E-state index contributed by atoms with van der Waals surface area (Å²) in [5, 5.41) is 3.61. The maximum atomic E-state index is 13.4. The summed E-state index contributed by atoms with van der Waals surface area (Å²) in [7, 11) is 0. The molecule has 4 rings (SSSR count). The highest BCUT2D eigenvalue weighted by atomic mass is 35.5. The lowest BCUT2D eigenvalue weighted by Crippen LogP contribution is -2.38. The van der Waals surface area contributed by atoms with Crippen LogP contribution >= 0.6 is 23.2 Å². The van der Waals surface area contributed by atoms with E-state index in [1.807, 2.05) is 0 Å². The minimum atomic E-state index is -0.580. The van der Waals surface area contributed by atoms with Crippen molar-refractivity contribution in [2.24, 2.45) is 5.92 Å². The largest absolute Gasteiger partial charge is 0.486 e. The molecule has 1 saturated carbocycles. The van der Waals surface area contributed by atoms with Crippen molar-refractivity contribution < 1.29 is 18.7 Å². The third kappa shape index (κ3) is 5.58. The number of carbonyl (C=O) groups is 2. The van der Waals surface area contributed by atoms with Crippen LogP contribution in [-0.4, -0.2) is 34.3 Å². The van der Waals surface area contributed by atoms with Crippen molar-refractivity contribution in [3.05, 3.63) is 58.1 Å². The van der Waals surface area contributed by atoms with Gasteiger partial charge >= 0.3 is 0 Å². The van der Waals surface area contributed by atoms with Crippen LogP contribution in [0.4, 0.5) is 4.39 Å². The third-order valence-corrected chi connectivity index (χ3v) is 6.19. The first-order chi connectivity index (χ1) is 15.4. The van der Waals surface area contributed by atoms with Crippen molar-refractivity contribution in [2.75, 3.05) is 6.61 Å². The van der Waals surface area contributed by atoms with Crippen molar-refractivity contribution in [3.63, 3.8) is 0 Å². The van der Waals surface area contributed by atoms with Gasteiger partial charge in [0.1, 0.15) is 18.2 Å². The second-order valence-corrected chi connectivity index (χ2v) is 8.89. The molecule has 1 aliphatic rings. The first-order valence-electron chi connectivity index (χ1n) is 10.4. The Kier molecular flexibility index (Phi) is 6.96. The zero-order valence-corrected chi connectivity index (χ0v) is 18.7. The van der Waals surface area contributed by atoms with E-state index in [1.165, 1.54) is 18.2 Å². The molecule has 0 spiro atoms. The van der Waals surface area contributed by atoms with E-state index in [9.17, 15) is 14.0 Å². The molecular weight excluding hydrogens is 456 g/mol. The number of aromatic nitrogens is 2. The molecule has 32 heavy (non-hydrogen) atoms. The van der Waals surface area contributed by atoms with E-state index in [2.05, 4.69) is 15.3 Å². The molecule has 0 radical (unpaired) electrons. The van der Waals surface area contributed by atoms with Gasteiger partial charge in [-0.3, -0.25) is 9.59 Å². The van der Waals surface area contributed by atoms with Gasteiger partial charge in [-0.25, -0.2) is 9.37 Å². The first-order valence-corrected chi connectivity index (χ1v) is 11.2. The van der Waals surface area contributed by atoms with Crippen molar-refractivity contribution in [3.8, 4) is 5.75 Å². The Labute approximate surface area is 194 Å². The number of Topliss-reactive ketones (excluding diaryl/α,β-unsaturated/α-hetero) is 1. The van der Waals surface area contributed by atoms with E-state index in [0.717, 1.165) is 25.7 Å². The normalized spacial score (nSPS) is 18.5. The van der Waals surface area contributed by atoms with Gasteiger partial charge in [0.05, 0.1) is 16.1 Å². The van der Waals surface area contributed by atoms with Crippen molar-refractivity contribution >= 4 is 45.9 Å². The highest BCUT2D eigenvalue weighted by Gasteiger charge is 2.25. The summed E-state index contributed by atoms with van der Waals surface area (Å²) in [5.74, 6) is -0.0814. The third-order valence-electron chi connectivity index (χ3n) is 5.65. The van der Waals surface area contributed by atoms with E-state index >= 15 is 0 Å². The van der Waals surface area contributed by atoms with Crippen LogP contribution in [0.5, 0.6) is 5.75 Å². The predicted octanol–water partition coefficient (Wildman–Crippen LogP) is 5.34. The molecule has 0 atom stereocenters. The molecular formula is C23H22Cl2FN3O3. The summed E-state index contributed by atoms with van der Waals surface area (Å²) >= 11 is 11.6. The molecule has 0 bridgehead atoms. The lowest BCUT2D eigenvalue weighted by molar-refractivity contribution is -0.122. The van der Waals surface area contributed by atoms with Gasteiger partial charge in [0, 0.05) is 23.6 Å². The molecule has 168 valence electrons. The van der Waals surface area contributed by atoms with E-state index in [4.69, 9.17) is 27.9 Å². The van der Waals surface area contributed by atoms with Crippen LogP contribution in [0.15, 0.2) is 36.4 Å². The minimum Gasteiger partial charge on any atom is -0.486 e. The van der Waals surface area contributed by atoms with E-state index in [-0.39, 0.29) is 46.9 Å². The van der Waals surface area contributed by atoms with Gasteiger partial charge in [-0.2, -0.15) is 0 Å². The van der Waals surface area contributed by atoms with Crippen LogP contribution < -0.4 is 10.1 Å². The number of carbonyl (C=O) groups excluding carboxylic acids is 2. The Balaban J connectivity index is 1.21. The summed E-state index contributed by atoms with van der Waals surface area (Å²) in [6.07, 6.45) is 3.66. The molecule has 1 fully saturated rings. The standard InChI is InChI=1S/C23H22Cl2FN3O3/c24-14-3-8-20-21(10-14)29-22(28-20)23(31)27-15-4-1-13(2-5-15)9-16(30)12-32-17-6-7-18(25)19(26)11-17/h3,6-8,10-11,13,15H,1-2,4-5,9,12H2,(H,27,31)(H,28,29). The average molecular weight is 478 g/mol. The van der Waals surface area contributed by atoms with Crippen LogP contribution in [0.3, 0.4) is 0 Å². The van der Waals surface area contributed by atoms with E-state index in [1.54, 1.807) is 18.2 Å². The van der Waals surface area contributed by atoms with Crippen molar-refractivity contribution in [2.45, 2.75) is 38.1 Å². The molecule has 2 aromatic carbocycles. The molecule has 2 N–H and O–H groups in total. The maximum Gasteiger partial charge on any atom is 0.287 e. The van der Waals surface area contributed by atoms with Crippen LogP contribution in [0, 0.1) is 11.7 Å². The number of ketones is 1. The Morgan fingerprint density at radius 2 is 1.91 bits per heavy atom. The van der Waals surface area contributed by atoms with Gasteiger partial charge in [-0.05, 0) is 61.9 Å². The van der Waals surface area contributed by atoms with Crippen LogP contribution in [-0.2, 0) is 4.79 Å². The number of aromatic amines is 1. The molecule has 0 unspecified atom stereocenters. The fourth-order valence-corrected chi connectivity index (χ4v) is 4.26. The van der Waals surface area contributed by atoms with Crippen molar-refractivity contribution in [1.29, 1.82) is 0 Å². The van der Waals surface area contributed by atoms with Crippen LogP contribution in [0.25, 0.3) is 11.0 Å². The lowest BCUT2D eigenvalue weighted by atomic mass is 9.83. The zero-order valence-electron chi connectivity index (χ0n) is 17.2. The van der Waals surface area contributed by atoms with Gasteiger partial charge in [0.25, 0.3) is 5.91 Å². The summed E-state index contributed by atoms with van der Waals surface area (Å²) in [6.45, 7) is -0.103. The second kappa shape index (κ2) is 9.88. The van der Waals surface area contributed by atoms with Gasteiger partial charge in [-0.15, -0.1) is 0 Å². The van der Waals surface area contributed by atoms with Crippen molar-refractivity contribution in [1.82, 2.24) is 15.3 Å². The summed E-state index contributed by atoms with van der Waals surface area (Å²) in [5.41, 5.74) is 1.40. The monoisotopic (exact) mass is 477 g/mol. The summed E-state index contributed by atoms with van der Waals surface area (Å²) in [4.78, 5) is 32.1. The topological polar surface area (TPSA) is 84.1 Å². The smallest absolute Gasteiger partial charge is 0.287 e. The van der Waals surface area contributed by atoms with Gasteiger partial charge in [0.15, 0.2) is 11.6 Å². The van der Waals surface area contributed by atoms with Crippen LogP contribution in [0.1, 0.15) is 42.7 Å². The molecule has 9 heteroatoms. The highest BCUT2D eigenvalue weighted by molar-refractivity contribution is 6.31. The van der Waals surface area contributed by atoms with E-state index < -0.39 is 5.82 Å². The lowest BCUT2D eigenvalue weighted by Gasteiger charge is -2.28. The Morgan fingerprint density at radius 3 is 2.66 bits per heavy atom. The molecule has 6 nitrogen and oxygen atoms in total. The number of ether oxygens (including phenoxy) is 1. The molecule has 1 heterocycles. The number of amides is 1. The number of hydrogen-bond donors (Lipinski definition) is 2. The molecule has 0 aliphatic heterocycles. The van der Waals surface area contributed by atoms with Gasteiger partial charge in [0.2, 0.25) is 0 Å².